The molecule has 0 radical (unpaired) electrons. The largest absolute Gasteiger partial charge is 0.425 e. The van der Waals surface area contributed by atoms with Crippen LogP contribution in [0.1, 0.15) is 47.4 Å². The van der Waals surface area contributed by atoms with Gasteiger partial charge in [0.25, 0.3) is 0 Å². The summed E-state index contributed by atoms with van der Waals surface area (Å²) < 4.78 is 5.78. The van der Waals surface area contributed by atoms with Gasteiger partial charge in [0.2, 0.25) is 11.8 Å². The molecule has 0 N–H and O–H groups in total. The number of aryl methyl sites for hydroxylation is 2. The van der Waals surface area contributed by atoms with Crippen molar-refractivity contribution < 1.29 is 4.42 Å². The number of halogens is 1. The van der Waals surface area contributed by atoms with E-state index in [9.17, 15) is 0 Å². The zero-order valence-electron chi connectivity index (χ0n) is 10.1. The fraction of sp³-hybridized carbons (Fsp3) is 0.538. The molecule has 5 heteroatoms. The highest BCUT2D eigenvalue weighted by Crippen LogP contribution is 2.38. The Morgan fingerprint density at radius 2 is 2.39 bits per heavy atom. The number of nitrogens with zero attached hydrogens (tertiary/aromatic N) is 2. The lowest BCUT2D eigenvalue weighted by atomic mass is 9.88. The molecule has 2 aromatic rings. The van der Waals surface area contributed by atoms with E-state index >= 15 is 0 Å². The summed E-state index contributed by atoms with van der Waals surface area (Å²) >= 11 is 7.51. The zero-order valence-corrected chi connectivity index (χ0v) is 11.6. The Balaban J connectivity index is 1.82. The van der Waals surface area contributed by atoms with Gasteiger partial charge in [-0.15, -0.1) is 33.1 Å². The topological polar surface area (TPSA) is 38.9 Å². The van der Waals surface area contributed by atoms with Crippen LogP contribution < -0.4 is 0 Å². The minimum atomic E-state index is 0.303. The van der Waals surface area contributed by atoms with E-state index in [1.807, 2.05) is 11.3 Å². The summed E-state index contributed by atoms with van der Waals surface area (Å²) in [6.45, 7) is 0. The summed E-state index contributed by atoms with van der Waals surface area (Å²) in [7, 11) is 0. The molecule has 18 heavy (non-hydrogen) atoms. The van der Waals surface area contributed by atoms with Crippen molar-refractivity contribution in [1.29, 1.82) is 0 Å². The van der Waals surface area contributed by atoms with Gasteiger partial charge in [0.15, 0.2) is 0 Å². The average molecular weight is 283 g/mol. The van der Waals surface area contributed by atoms with Gasteiger partial charge in [-0.25, -0.2) is 0 Å². The van der Waals surface area contributed by atoms with Gasteiger partial charge in [0.05, 0.1) is 5.92 Å². The van der Waals surface area contributed by atoms with Crippen molar-refractivity contribution in [1.82, 2.24) is 10.2 Å². The first kappa shape index (κ1) is 12.2. The van der Waals surface area contributed by atoms with Crippen LogP contribution in [0.4, 0.5) is 0 Å². The maximum absolute atomic E-state index is 5.78. The van der Waals surface area contributed by atoms with Gasteiger partial charge in [0.1, 0.15) is 0 Å². The number of hydrogen-bond acceptors (Lipinski definition) is 4. The van der Waals surface area contributed by atoms with E-state index in [1.165, 1.54) is 23.3 Å². The van der Waals surface area contributed by atoms with Crippen LogP contribution in [0.5, 0.6) is 0 Å². The van der Waals surface area contributed by atoms with Crippen LogP contribution >= 0.6 is 22.9 Å². The van der Waals surface area contributed by atoms with Gasteiger partial charge in [-0.05, 0) is 42.7 Å². The molecular formula is C13H15ClN2OS. The molecule has 0 saturated heterocycles. The summed E-state index contributed by atoms with van der Waals surface area (Å²) in [6, 6.07) is 2.20. The third-order valence-electron chi connectivity index (χ3n) is 3.36. The first-order valence-electron chi connectivity index (χ1n) is 6.33. The molecule has 1 unspecified atom stereocenters. The molecule has 0 fully saturated rings. The van der Waals surface area contributed by atoms with E-state index in [0.717, 1.165) is 25.2 Å². The highest BCUT2D eigenvalue weighted by Gasteiger charge is 2.27. The third kappa shape index (κ3) is 2.31. The smallest absolute Gasteiger partial charge is 0.224 e. The maximum atomic E-state index is 5.78. The first-order chi connectivity index (χ1) is 8.88. The van der Waals surface area contributed by atoms with Crippen LogP contribution in [0.25, 0.3) is 0 Å². The summed E-state index contributed by atoms with van der Waals surface area (Å²) in [6.07, 6.45) is 5.17. The highest BCUT2D eigenvalue weighted by molar-refractivity contribution is 7.10. The van der Waals surface area contributed by atoms with Crippen molar-refractivity contribution in [3.8, 4) is 0 Å². The number of thiophene rings is 1. The fourth-order valence-corrected chi connectivity index (χ4v) is 3.59. The lowest BCUT2D eigenvalue weighted by molar-refractivity contribution is 0.413. The predicted octanol–water partition coefficient (Wildman–Crippen LogP) is 3.77. The van der Waals surface area contributed by atoms with E-state index < -0.39 is 0 Å². The van der Waals surface area contributed by atoms with E-state index in [-0.39, 0.29) is 0 Å². The lowest BCUT2D eigenvalue weighted by Gasteiger charge is -2.18. The molecule has 2 aromatic heterocycles. The molecule has 1 atom stereocenters. The summed E-state index contributed by atoms with van der Waals surface area (Å²) in [4.78, 5) is 1.48. The molecule has 1 aliphatic carbocycles. The number of alkyl halides is 1. The SMILES string of the molecule is ClCCCc1nnc(C2CCCc3sccc32)o1. The van der Waals surface area contributed by atoms with Crippen LogP contribution in [0, 0.1) is 0 Å². The van der Waals surface area contributed by atoms with Crippen LogP contribution in [-0.4, -0.2) is 16.1 Å². The normalized spacial score (nSPS) is 18.8. The van der Waals surface area contributed by atoms with E-state index in [1.54, 1.807) is 0 Å². The molecule has 2 heterocycles. The van der Waals surface area contributed by atoms with Crippen LogP contribution in [0.2, 0.25) is 0 Å². The minimum absolute atomic E-state index is 0.303. The van der Waals surface area contributed by atoms with Crippen LogP contribution in [-0.2, 0) is 12.8 Å². The Hall–Kier alpha value is -0.870. The molecular weight excluding hydrogens is 268 g/mol. The Labute approximate surface area is 115 Å². The fourth-order valence-electron chi connectivity index (χ4n) is 2.47. The summed E-state index contributed by atoms with van der Waals surface area (Å²) in [5.41, 5.74) is 1.39. The molecule has 0 spiro atoms. The van der Waals surface area contributed by atoms with E-state index in [4.69, 9.17) is 16.0 Å². The molecule has 0 saturated carbocycles. The Morgan fingerprint density at radius 1 is 1.44 bits per heavy atom. The lowest BCUT2D eigenvalue weighted by Crippen LogP contribution is -2.08. The van der Waals surface area contributed by atoms with Crippen molar-refractivity contribution >= 4 is 22.9 Å². The van der Waals surface area contributed by atoms with Gasteiger partial charge in [0, 0.05) is 17.2 Å². The standard InChI is InChI=1S/C13H15ClN2OS/c14-7-2-5-12-15-16-13(17-12)10-3-1-4-11-9(10)6-8-18-11/h6,8,10H,1-5,7H2. The van der Waals surface area contributed by atoms with Crippen LogP contribution in [0.3, 0.4) is 0 Å². The molecule has 0 amide bonds. The van der Waals surface area contributed by atoms with Crippen LogP contribution in [0.15, 0.2) is 15.9 Å². The second-order valence-corrected chi connectivity index (χ2v) is 5.95. The third-order valence-corrected chi connectivity index (χ3v) is 4.62. The van der Waals surface area contributed by atoms with E-state index in [2.05, 4.69) is 21.6 Å². The number of aromatic nitrogens is 2. The maximum Gasteiger partial charge on any atom is 0.224 e. The number of fused-ring (bicyclic) bond motifs is 1. The molecule has 1 aliphatic rings. The molecule has 96 valence electrons. The quantitative estimate of drug-likeness (QED) is 0.801. The van der Waals surface area contributed by atoms with Crippen molar-refractivity contribution in [2.24, 2.45) is 0 Å². The Kier molecular flexibility index (Phi) is 3.66. The molecule has 0 aromatic carbocycles. The predicted molar refractivity (Wildman–Crippen MR) is 72.4 cm³/mol. The van der Waals surface area contributed by atoms with Crippen molar-refractivity contribution in [3.63, 3.8) is 0 Å². The highest BCUT2D eigenvalue weighted by atomic mass is 35.5. The molecule has 0 bridgehead atoms. The van der Waals surface area contributed by atoms with Gasteiger partial charge in [-0.2, -0.15) is 0 Å². The van der Waals surface area contributed by atoms with Crippen molar-refractivity contribution in [2.45, 2.75) is 38.0 Å². The summed E-state index contributed by atoms with van der Waals surface area (Å²) in [5, 5.41) is 10.5. The molecule has 3 nitrogen and oxygen atoms in total. The van der Waals surface area contributed by atoms with E-state index in [0.29, 0.717) is 17.7 Å². The first-order valence-corrected chi connectivity index (χ1v) is 7.74. The van der Waals surface area contributed by atoms with Gasteiger partial charge in [-0.3, -0.25) is 0 Å². The Bertz CT molecular complexity index is 523. The number of rotatable bonds is 4. The second-order valence-electron chi connectivity index (χ2n) is 4.57. The molecule has 3 rings (SSSR count). The monoisotopic (exact) mass is 282 g/mol. The minimum Gasteiger partial charge on any atom is -0.425 e. The van der Waals surface area contributed by atoms with Gasteiger partial charge in [-0.1, -0.05) is 0 Å². The summed E-state index contributed by atoms with van der Waals surface area (Å²) in [5.74, 6) is 2.43. The van der Waals surface area contributed by atoms with Gasteiger partial charge >= 0.3 is 0 Å². The van der Waals surface area contributed by atoms with Crippen molar-refractivity contribution in [3.05, 3.63) is 33.7 Å². The van der Waals surface area contributed by atoms with Gasteiger partial charge < -0.3 is 4.42 Å². The zero-order chi connectivity index (χ0) is 12.4. The number of hydrogen-bond donors (Lipinski definition) is 0. The second kappa shape index (κ2) is 5.41. The average Bonchev–Trinajstić information content (AvgIpc) is 3.04. The Morgan fingerprint density at radius 3 is 3.28 bits per heavy atom. The van der Waals surface area contributed by atoms with Crippen molar-refractivity contribution in [2.75, 3.05) is 5.88 Å². The molecule has 0 aliphatic heterocycles.